The molecule has 0 fully saturated rings. The molecule has 100 valence electrons. The summed E-state index contributed by atoms with van der Waals surface area (Å²) in [5, 5.41) is 0. The first-order valence-electron chi connectivity index (χ1n) is 5.65. The highest BCUT2D eigenvalue weighted by atomic mass is 79.9. The summed E-state index contributed by atoms with van der Waals surface area (Å²) in [5.74, 6) is 0.449. The van der Waals surface area contributed by atoms with Crippen molar-refractivity contribution in [3.05, 3.63) is 62.3 Å². The Bertz CT molecular complexity index is 590. The van der Waals surface area contributed by atoms with E-state index in [4.69, 9.17) is 10.5 Å². The maximum absolute atomic E-state index is 13.1. The van der Waals surface area contributed by atoms with Crippen LogP contribution in [0.1, 0.15) is 11.1 Å². The molecule has 2 nitrogen and oxygen atoms in total. The van der Waals surface area contributed by atoms with Crippen LogP contribution in [0.2, 0.25) is 0 Å². The molecule has 2 rings (SSSR count). The molecule has 0 atom stereocenters. The summed E-state index contributed by atoms with van der Waals surface area (Å²) in [6, 6.07) is 10.2. The third-order valence-corrected chi connectivity index (χ3v) is 3.78. The number of ether oxygens (including phenoxy) is 1. The number of benzene rings is 2. The molecule has 2 aromatic rings. The van der Waals surface area contributed by atoms with E-state index in [0.29, 0.717) is 6.61 Å². The predicted molar refractivity (Wildman–Crippen MR) is 80.5 cm³/mol. The summed E-state index contributed by atoms with van der Waals surface area (Å²) in [7, 11) is 0. The van der Waals surface area contributed by atoms with Gasteiger partial charge in [0.1, 0.15) is 18.2 Å². The fourth-order valence-electron chi connectivity index (χ4n) is 1.67. The topological polar surface area (TPSA) is 35.2 Å². The minimum atomic E-state index is -0.283. The van der Waals surface area contributed by atoms with Gasteiger partial charge in [-0.25, -0.2) is 4.39 Å². The summed E-state index contributed by atoms with van der Waals surface area (Å²) in [6.45, 7) is 0.644. The number of hydrogen-bond donors (Lipinski definition) is 1. The number of rotatable bonds is 4. The van der Waals surface area contributed by atoms with E-state index in [1.807, 2.05) is 18.2 Å². The van der Waals surface area contributed by atoms with Gasteiger partial charge in [0.2, 0.25) is 0 Å². The van der Waals surface area contributed by atoms with Gasteiger partial charge in [-0.05, 0) is 57.4 Å². The van der Waals surface area contributed by atoms with Crippen LogP contribution in [0.15, 0.2) is 45.3 Å². The predicted octanol–water partition coefficient (Wildman–Crippen LogP) is 4.39. The molecule has 0 bridgehead atoms. The molecule has 2 N–H and O–H groups in total. The van der Waals surface area contributed by atoms with Gasteiger partial charge in [-0.2, -0.15) is 0 Å². The van der Waals surface area contributed by atoms with Gasteiger partial charge in [0, 0.05) is 11.0 Å². The Kier molecular flexibility index (Phi) is 4.96. The van der Waals surface area contributed by atoms with E-state index in [2.05, 4.69) is 31.9 Å². The van der Waals surface area contributed by atoms with Gasteiger partial charge in [-0.1, -0.05) is 22.0 Å². The summed E-state index contributed by atoms with van der Waals surface area (Å²) < 4.78 is 20.6. The van der Waals surface area contributed by atoms with Gasteiger partial charge >= 0.3 is 0 Å². The Morgan fingerprint density at radius 1 is 1.05 bits per heavy atom. The SMILES string of the molecule is NCc1cc(F)ccc1COc1ccc(Br)cc1Br. The maximum atomic E-state index is 13.1. The lowest BCUT2D eigenvalue weighted by molar-refractivity contribution is 0.303. The molecule has 0 aromatic heterocycles. The van der Waals surface area contributed by atoms with E-state index in [1.165, 1.54) is 12.1 Å². The Labute approximate surface area is 128 Å². The van der Waals surface area contributed by atoms with Crippen LogP contribution in [-0.2, 0) is 13.2 Å². The molecule has 0 aliphatic carbocycles. The summed E-state index contributed by atoms with van der Waals surface area (Å²) in [5.41, 5.74) is 7.25. The van der Waals surface area contributed by atoms with E-state index in [-0.39, 0.29) is 12.4 Å². The van der Waals surface area contributed by atoms with E-state index >= 15 is 0 Å². The zero-order chi connectivity index (χ0) is 13.8. The molecule has 0 aliphatic heterocycles. The van der Waals surface area contributed by atoms with Crippen molar-refractivity contribution >= 4 is 31.9 Å². The highest BCUT2D eigenvalue weighted by molar-refractivity contribution is 9.11. The Balaban J connectivity index is 2.14. The Morgan fingerprint density at radius 2 is 1.84 bits per heavy atom. The molecule has 0 saturated carbocycles. The first-order chi connectivity index (χ1) is 9.10. The van der Waals surface area contributed by atoms with Crippen molar-refractivity contribution in [2.45, 2.75) is 13.2 Å². The molecular weight excluding hydrogens is 377 g/mol. The van der Waals surface area contributed by atoms with Crippen molar-refractivity contribution in [1.29, 1.82) is 0 Å². The molecule has 0 amide bonds. The molecule has 0 radical (unpaired) electrons. The van der Waals surface area contributed by atoms with Crippen molar-refractivity contribution < 1.29 is 9.13 Å². The van der Waals surface area contributed by atoms with E-state index in [9.17, 15) is 4.39 Å². The van der Waals surface area contributed by atoms with Crippen LogP contribution in [0.4, 0.5) is 4.39 Å². The standard InChI is InChI=1S/C14H12Br2FNO/c15-11-2-4-14(13(16)6-11)19-8-9-1-3-12(17)5-10(9)7-18/h1-6H,7-8,18H2. The van der Waals surface area contributed by atoms with Crippen LogP contribution in [0, 0.1) is 5.82 Å². The summed E-state index contributed by atoms with van der Waals surface area (Å²) >= 11 is 6.81. The van der Waals surface area contributed by atoms with Crippen molar-refractivity contribution in [2.24, 2.45) is 5.73 Å². The zero-order valence-corrected chi connectivity index (χ0v) is 13.2. The third-order valence-electron chi connectivity index (χ3n) is 2.67. The minimum absolute atomic E-state index is 0.283. The van der Waals surface area contributed by atoms with E-state index in [1.54, 1.807) is 6.07 Å². The average Bonchev–Trinajstić information content (AvgIpc) is 2.39. The molecule has 19 heavy (non-hydrogen) atoms. The molecule has 5 heteroatoms. The second-order valence-electron chi connectivity index (χ2n) is 3.98. The number of halogens is 3. The van der Waals surface area contributed by atoms with Crippen LogP contribution < -0.4 is 10.5 Å². The second kappa shape index (κ2) is 6.50. The summed E-state index contributed by atoms with van der Waals surface area (Å²) in [6.07, 6.45) is 0. The van der Waals surface area contributed by atoms with E-state index in [0.717, 1.165) is 25.8 Å². The molecule has 0 heterocycles. The van der Waals surface area contributed by atoms with Crippen LogP contribution in [-0.4, -0.2) is 0 Å². The fourth-order valence-corrected chi connectivity index (χ4v) is 2.83. The molecule has 2 aromatic carbocycles. The molecule has 0 aliphatic rings. The Hall–Kier alpha value is -0.910. The highest BCUT2D eigenvalue weighted by Crippen LogP contribution is 2.29. The van der Waals surface area contributed by atoms with Gasteiger partial charge < -0.3 is 10.5 Å². The van der Waals surface area contributed by atoms with Crippen molar-refractivity contribution in [3.8, 4) is 5.75 Å². The average molecular weight is 389 g/mol. The van der Waals surface area contributed by atoms with Crippen molar-refractivity contribution in [2.75, 3.05) is 0 Å². The quantitative estimate of drug-likeness (QED) is 0.842. The zero-order valence-electron chi connectivity index (χ0n) is 10.00. The van der Waals surface area contributed by atoms with Crippen molar-refractivity contribution in [1.82, 2.24) is 0 Å². The number of nitrogens with two attached hydrogens (primary N) is 1. The van der Waals surface area contributed by atoms with Crippen LogP contribution in [0.5, 0.6) is 5.75 Å². The monoisotopic (exact) mass is 387 g/mol. The van der Waals surface area contributed by atoms with Gasteiger partial charge in [-0.15, -0.1) is 0 Å². The van der Waals surface area contributed by atoms with Gasteiger partial charge in [0.05, 0.1) is 4.47 Å². The van der Waals surface area contributed by atoms with Gasteiger partial charge in [-0.3, -0.25) is 0 Å². The van der Waals surface area contributed by atoms with Gasteiger partial charge in [0.15, 0.2) is 0 Å². The highest BCUT2D eigenvalue weighted by Gasteiger charge is 2.06. The fraction of sp³-hybridized carbons (Fsp3) is 0.143. The van der Waals surface area contributed by atoms with Crippen molar-refractivity contribution in [3.63, 3.8) is 0 Å². The lowest BCUT2D eigenvalue weighted by Crippen LogP contribution is -2.05. The van der Waals surface area contributed by atoms with Crippen LogP contribution in [0.25, 0.3) is 0 Å². The lowest BCUT2D eigenvalue weighted by Gasteiger charge is -2.11. The third kappa shape index (κ3) is 3.78. The first-order valence-corrected chi connectivity index (χ1v) is 7.24. The van der Waals surface area contributed by atoms with Crippen LogP contribution in [0.3, 0.4) is 0 Å². The van der Waals surface area contributed by atoms with Crippen LogP contribution >= 0.6 is 31.9 Å². The van der Waals surface area contributed by atoms with E-state index < -0.39 is 0 Å². The maximum Gasteiger partial charge on any atom is 0.134 e. The first kappa shape index (κ1) is 14.5. The summed E-state index contributed by atoms with van der Waals surface area (Å²) in [4.78, 5) is 0. The largest absolute Gasteiger partial charge is 0.488 e. The second-order valence-corrected chi connectivity index (χ2v) is 5.75. The Morgan fingerprint density at radius 3 is 2.53 bits per heavy atom. The smallest absolute Gasteiger partial charge is 0.134 e. The molecular formula is C14H12Br2FNO. The van der Waals surface area contributed by atoms with Gasteiger partial charge in [0.25, 0.3) is 0 Å². The molecule has 0 spiro atoms. The minimum Gasteiger partial charge on any atom is -0.488 e. The normalized spacial score (nSPS) is 10.5. The lowest BCUT2D eigenvalue weighted by atomic mass is 10.1. The molecule has 0 saturated heterocycles. The molecule has 0 unspecified atom stereocenters. The number of hydrogen-bond acceptors (Lipinski definition) is 2.